The molecule has 0 radical (unpaired) electrons. The fourth-order valence-corrected chi connectivity index (χ4v) is 3.44. The van der Waals surface area contributed by atoms with Crippen molar-refractivity contribution in [3.63, 3.8) is 0 Å². The van der Waals surface area contributed by atoms with Crippen LogP contribution in [0.4, 0.5) is 0 Å². The first kappa shape index (κ1) is 14.6. The van der Waals surface area contributed by atoms with E-state index in [0.29, 0.717) is 5.92 Å². The lowest BCUT2D eigenvalue weighted by Gasteiger charge is -2.32. The number of amides is 1. The highest BCUT2D eigenvalue weighted by Crippen LogP contribution is 2.27. The van der Waals surface area contributed by atoms with Gasteiger partial charge in [0.25, 0.3) is 0 Å². The average molecular weight is 264 g/mol. The highest BCUT2D eigenvalue weighted by molar-refractivity contribution is 5.85. The van der Waals surface area contributed by atoms with E-state index in [1.54, 1.807) is 0 Å². The molecule has 1 aliphatic heterocycles. The Bertz CT molecular complexity index is 300. The molecule has 0 aromatic heterocycles. The molecule has 2 rings (SSSR count). The molecule has 0 aromatic rings. The van der Waals surface area contributed by atoms with E-state index in [1.807, 2.05) is 6.08 Å². The molecule has 0 unspecified atom stereocenters. The van der Waals surface area contributed by atoms with E-state index in [4.69, 9.17) is 5.73 Å². The van der Waals surface area contributed by atoms with Crippen molar-refractivity contribution in [1.82, 2.24) is 4.90 Å². The Hall–Kier alpha value is -0.830. The lowest BCUT2D eigenvalue weighted by atomic mass is 9.86. The van der Waals surface area contributed by atoms with Crippen LogP contribution < -0.4 is 5.73 Å². The Morgan fingerprint density at radius 3 is 2.42 bits per heavy atom. The maximum Gasteiger partial charge on any atom is 0.241 e. The second kappa shape index (κ2) is 7.68. The van der Waals surface area contributed by atoms with Crippen LogP contribution in [-0.4, -0.2) is 30.4 Å². The van der Waals surface area contributed by atoms with Crippen molar-refractivity contribution in [1.29, 1.82) is 0 Å². The minimum atomic E-state index is -0.320. The first-order valence-electron chi connectivity index (χ1n) is 7.94. The molecule has 2 fully saturated rings. The summed E-state index contributed by atoms with van der Waals surface area (Å²) >= 11 is 0. The largest absolute Gasteiger partial charge is 0.366 e. The van der Waals surface area contributed by atoms with Crippen LogP contribution >= 0.6 is 0 Å². The summed E-state index contributed by atoms with van der Waals surface area (Å²) in [5.41, 5.74) is 5.13. The molecule has 3 heteroatoms. The van der Waals surface area contributed by atoms with Crippen molar-refractivity contribution < 1.29 is 4.79 Å². The number of rotatable bonds is 5. The molecule has 1 saturated carbocycles. The molecule has 2 N–H and O–H groups in total. The molecule has 0 bridgehead atoms. The second-order valence-corrected chi connectivity index (χ2v) is 6.23. The number of nitrogens with zero attached hydrogens (tertiary/aromatic N) is 1. The van der Waals surface area contributed by atoms with E-state index < -0.39 is 0 Å². The third-order valence-corrected chi connectivity index (χ3v) is 4.74. The number of likely N-dealkylation sites (tertiary alicyclic amines) is 1. The molecule has 1 heterocycles. The lowest BCUT2D eigenvalue weighted by Crippen LogP contribution is -2.34. The molecule has 1 saturated heterocycles. The van der Waals surface area contributed by atoms with Gasteiger partial charge in [-0.25, -0.2) is 0 Å². The van der Waals surface area contributed by atoms with Gasteiger partial charge in [0.2, 0.25) is 5.91 Å². The van der Waals surface area contributed by atoms with Crippen LogP contribution in [0.1, 0.15) is 51.4 Å². The molecule has 108 valence electrons. The average Bonchev–Trinajstić information content (AvgIpc) is 2.45. The normalized spacial score (nSPS) is 24.0. The highest BCUT2D eigenvalue weighted by atomic mass is 16.1. The van der Waals surface area contributed by atoms with Crippen molar-refractivity contribution in [3.8, 4) is 0 Å². The quantitative estimate of drug-likeness (QED) is 0.776. The molecule has 3 nitrogen and oxygen atoms in total. The molecule has 19 heavy (non-hydrogen) atoms. The zero-order valence-electron chi connectivity index (χ0n) is 12.0. The minimum absolute atomic E-state index is 0.320. The SMILES string of the molecule is NC(=O)C=CC1CCN(CCC2CCCCC2)CC1. The fourth-order valence-electron chi connectivity index (χ4n) is 3.44. The molecule has 0 atom stereocenters. The van der Waals surface area contributed by atoms with Gasteiger partial charge in [-0.15, -0.1) is 0 Å². The Morgan fingerprint density at radius 1 is 1.11 bits per heavy atom. The number of allylic oxidation sites excluding steroid dienone is 1. The molecular formula is C16H28N2O. The number of nitrogens with two attached hydrogens (primary N) is 1. The molecular weight excluding hydrogens is 236 g/mol. The van der Waals surface area contributed by atoms with Crippen LogP contribution in [0.5, 0.6) is 0 Å². The maximum atomic E-state index is 10.7. The van der Waals surface area contributed by atoms with Crippen LogP contribution in [0.25, 0.3) is 0 Å². The summed E-state index contributed by atoms with van der Waals surface area (Å²) in [5, 5.41) is 0. The van der Waals surface area contributed by atoms with Crippen molar-refractivity contribution in [2.75, 3.05) is 19.6 Å². The Kier molecular flexibility index (Phi) is 5.90. The predicted octanol–water partition coefficient (Wildman–Crippen LogP) is 2.71. The van der Waals surface area contributed by atoms with Gasteiger partial charge in [-0.2, -0.15) is 0 Å². The molecule has 1 amide bonds. The van der Waals surface area contributed by atoms with Crippen molar-refractivity contribution >= 4 is 5.91 Å². The summed E-state index contributed by atoms with van der Waals surface area (Å²) in [6.07, 6.45) is 14.5. The van der Waals surface area contributed by atoms with Gasteiger partial charge in [0.1, 0.15) is 0 Å². The van der Waals surface area contributed by atoms with E-state index in [0.717, 1.165) is 5.92 Å². The lowest BCUT2D eigenvalue weighted by molar-refractivity contribution is -0.113. The number of hydrogen-bond acceptors (Lipinski definition) is 2. The number of carbonyl (C=O) groups excluding carboxylic acids is 1. The zero-order valence-corrected chi connectivity index (χ0v) is 12.0. The van der Waals surface area contributed by atoms with Crippen molar-refractivity contribution in [2.45, 2.75) is 51.4 Å². The number of piperidine rings is 1. The number of carbonyl (C=O) groups is 1. The van der Waals surface area contributed by atoms with E-state index >= 15 is 0 Å². The number of primary amides is 1. The van der Waals surface area contributed by atoms with Crippen LogP contribution in [0.2, 0.25) is 0 Å². The van der Waals surface area contributed by atoms with E-state index in [9.17, 15) is 4.79 Å². The summed E-state index contributed by atoms with van der Waals surface area (Å²) in [6.45, 7) is 3.64. The smallest absolute Gasteiger partial charge is 0.241 e. The monoisotopic (exact) mass is 264 g/mol. The summed E-state index contributed by atoms with van der Waals surface area (Å²) in [7, 11) is 0. The van der Waals surface area contributed by atoms with E-state index in [1.165, 1.54) is 77.1 Å². The fraction of sp³-hybridized carbons (Fsp3) is 0.812. The molecule has 2 aliphatic rings. The molecule has 1 aliphatic carbocycles. The van der Waals surface area contributed by atoms with Crippen molar-refractivity contribution in [3.05, 3.63) is 12.2 Å². The van der Waals surface area contributed by atoms with Gasteiger partial charge >= 0.3 is 0 Å². The first-order valence-corrected chi connectivity index (χ1v) is 7.94. The zero-order chi connectivity index (χ0) is 13.5. The summed E-state index contributed by atoms with van der Waals surface area (Å²) in [5.74, 6) is 1.22. The van der Waals surface area contributed by atoms with Crippen LogP contribution in [-0.2, 0) is 4.79 Å². The topological polar surface area (TPSA) is 46.3 Å². The summed E-state index contributed by atoms with van der Waals surface area (Å²) in [6, 6.07) is 0. The maximum absolute atomic E-state index is 10.7. The first-order chi connectivity index (χ1) is 9.24. The van der Waals surface area contributed by atoms with Gasteiger partial charge in [0.15, 0.2) is 0 Å². The Labute approximate surface area is 117 Å². The second-order valence-electron chi connectivity index (χ2n) is 6.23. The third-order valence-electron chi connectivity index (χ3n) is 4.74. The van der Waals surface area contributed by atoms with Gasteiger partial charge in [-0.05, 0) is 56.8 Å². The Morgan fingerprint density at radius 2 is 1.79 bits per heavy atom. The van der Waals surface area contributed by atoms with Crippen LogP contribution in [0.3, 0.4) is 0 Å². The van der Waals surface area contributed by atoms with E-state index in [2.05, 4.69) is 4.90 Å². The summed E-state index contributed by atoms with van der Waals surface area (Å²) < 4.78 is 0. The van der Waals surface area contributed by atoms with E-state index in [-0.39, 0.29) is 5.91 Å². The van der Waals surface area contributed by atoms with Gasteiger partial charge in [-0.1, -0.05) is 38.2 Å². The standard InChI is InChI=1S/C16H28N2O/c17-16(19)7-6-15-9-12-18(13-10-15)11-8-14-4-2-1-3-5-14/h6-7,14-15H,1-5,8-13H2,(H2,17,19). The Balaban J connectivity index is 1.61. The third kappa shape index (κ3) is 5.35. The van der Waals surface area contributed by atoms with Crippen molar-refractivity contribution in [2.24, 2.45) is 17.6 Å². The minimum Gasteiger partial charge on any atom is -0.366 e. The summed E-state index contributed by atoms with van der Waals surface area (Å²) in [4.78, 5) is 13.3. The van der Waals surface area contributed by atoms with Gasteiger partial charge < -0.3 is 10.6 Å². The predicted molar refractivity (Wildman–Crippen MR) is 78.7 cm³/mol. The number of hydrogen-bond donors (Lipinski definition) is 1. The van der Waals surface area contributed by atoms with Crippen LogP contribution in [0, 0.1) is 11.8 Å². The molecule has 0 aromatic carbocycles. The van der Waals surface area contributed by atoms with Crippen LogP contribution in [0.15, 0.2) is 12.2 Å². The van der Waals surface area contributed by atoms with Gasteiger partial charge in [0.05, 0.1) is 0 Å². The van der Waals surface area contributed by atoms with Gasteiger partial charge in [0, 0.05) is 0 Å². The van der Waals surface area contributed by atoms with Gasteiger partial charge in [-0.3, -0.25) is 4.79 Å². The molecule has 0 spiro atoms. The highest BCUT2D eigenvalue weighted by Gasteiger charge is 2.19.